The van der Waals surface area contributed by atoms with Gasteiger partial charge in [0.1, 0.15) is 5.69 Å². The maximum absolute atomic E-state index is 5.62. The van der Waals surface area contributed by atoms with Crippen LogP contribution < -0.4 is 0 Å². The fourth-order valence-corrected chi connectivity index (χ4v) is 4.30. The van der Waals surface area contributed by atoms with Gasteiger partial charge in [0.15, 0.2) is 5.76 Å². The lowest BCUT2D eigenvalue weighted by molar-refractivity contribution is 0.435. The summed E-state index contributed by atoms with van der Waals surface area (Å²) in [6.07, 6.45) is 11.4. The van der Waals surface area contributed by atoms with E-state index in [4.69, 9.17) is 4.52 Å². The molecule has 2 aromatic heterocycles. The molecule has 0 fully saturated rings. The Morgan fingerprint density at radius 2 is 1.59 bits per heavy atom. The molecular formula is C24H31NOS. The van der Waals surface area contributed by atoms with Gasteiger partial charge >= 0.3 is 0 Å². The average molecular weight is 382 g/mol. The Kier molecular flexibility index (Phi) is 7.70. The fraction of sp³-hybridized carbons (Fsp3) is 0.458. The van der Waals surface area contributed by atoms with Crippen LogP contribution in [0.1, 0.15) is 69.2 Å². The first kappa shape index (κ1) is 19.9. The summed E-state index contributed by atoms with van der Waals surface area (Å²) in [5.41, 5.74) is 3.44. The number of hydrogen-bond donors (Lipinski definition) is 0. The van der Waals surface area contributed by atoms with Gasteiger partial charge in [-0.05, 0) is 43.4 Å². The first-order valence-electron chi connectivity index (χ1n) is 10.4. The van der Waals surface area contributed by atoms with Gasteiger partial charge in [-0.1, -0.05) is 75.4 Å². The quantitative estimate of drug-likeness (QED) is 0.315. The molecule has 27 heavy (non-hydrogen) atoms. The summed E-state index contributed by atoms with van der Waals surface area (Å²) in [6, 6.07) is 15.2. The van der Waals surface area contributed by atoms with E-state index in [1.54, 1.807) is 0 Å². The maximum atomic E-state index is 5.62. The Hall–Kier alpha value is -1.87. The lowest BCUT2D eigenvalue weighted by Crippen LogP contribution is -1.84. The van der Waals surface area contributed by atoms with E-state index in [-0.39, 0.29) is 0 Å². The molecule has 0 bridgehead atoms. The standard InChI is InChI=1S/C24H31NOS/c1-3-5-7-8-9-11-21-16-17-24(27-21)22-18-23(26-25-22)20-14-12-19(13-15-20)10-6-4-2/h12-18H,3-11H2,1-2H3. The first-order valence-corrected chi connectivity index (χ1v) is 11.3. The van der Waals surface area contributed by atoms with Crippen LogP contribution in [-0.2, 0) is 12.8 Å². The van der Waals surface area contributed by atoms with Crippen LogP contribution >= 0.6 is 11.3 Å². The predicted molar refractivity (Wildman–Crippen MR) is 116 cm³/mol. The second kappa shape index (κ2) is 10.5. The van der Waals surface area contributed by atoms with E-state index in [2.05, 4.69) is 61.5 Å². The molecule has 0 N–H and O–H groups in total. The molecule has 0 spiro atoms. The van der Waals surface area contributed by atoms with Crippen molar-refractivity contribution in [3.63, 3.8) is 0 Å². The van der Waals surface area contributed by atoms with Crippen LogP contribution in [0.4, 0.5) is 0 Å². The van der Waals surface area contributed by atoms with Crippen molar-refractivity contribution in [1.82, 2.24) is 5.16 Å². The second-order valence-corrected chi connectivity index (χ2v) is 8.48. The molecule has 2 nitrogen and oxygen atoms in total. The molecule has 0 unspecified atom stereocenters. The van der Waals surface area contributed by atoms with E-state index in [1.165, 1.54) is 66.7 Å². The Bertz CT molecular complexity index is 800. The highest BCUT2D eigenvalue weighted by Gasteiger charge is 2.11. The van der Waals surface area contributed by atoms with Crippen molar-refractivity contribution in [3.8, 4) is 21.9 Å². The molecule has 0 atom stereocenters. The van der Waals surface area contributed by atoms with Crippen molar-refractivity contribution in [2.75, 3.05) is 0 Å². The lowest BCUT2D eigenvalue weighted by atomic mass is 10.1. The summed E-state index contributed by atoms with van der Waals surface area (Å²) < 4.78 is 5.62. The lowest BCUT2D eigenvalue weighted by Gasteiger charge is -2.00. The van der Waals surface area contributed by atoms with Crippen molar-refractivity contribution >= 4 is 11.3 Å². The zero-order chi connectivity index (χ0) is 18.9. The molecule has 144 valence electrons. The van der Waals surface area contributed by atoms with Crippen LogP contribution in [0.25, 0.3) is 21.9 Å². The molecule has 0 aliphatic rings. The molecule has 0 saturated carbocycles. The summed E-state index contributed by atoms with van der Waals surface area (Å²) in [5, 5.41) is 4.30. The van der Waals surface area contributed by atoms with Crippen LogP contribution in [0.2, 0.25) is 0 Å². The highest BCUT2D eigenvalue weighted by molar-refractivity contribution is 7.15. The summed E-state index contributed by atoms with van der Waals surface area (Å²) in [4.78, 5) is 2.65. The van der Waals surface area contributed by atoms with Crippen molar-refractivity contribution in [2.45, 2.75) is 71.6 Å². The van der Waals surface area contributed by atoms with Crippen molar-refractivity contribution in [2.24, 2.45) is 0 Å². The molecule has 0 aliphatic heterocycles. The zero-order valence-corrected chi connectivity index (χ0v) is 17.5. The van der Waals surface area contributed by atoms with Gasteiger partial charge in [-0.2, -0.15) is 0 Å². The average Bonchev–Trinajstić information content (AvgIpc) is 3.36. The minimum atomic E-state index is 0.849. The number of thiophene rings is 1. The molecule has 3 heteroatoms. The summed E-state index contributed by atoms with van der Waals surface area (Å²) in [7, 11) is 0. The molecule has 3 rings (SSSR count). The van der Waals surface area contributed by atoms with Gasteiger partial charge in [-0.25, -0.2) is 0 Å². The normalized spacial score (nSPS) is 11.2. The molecular weight excluding hydrogens is 350 g/mol. The van der Waals surface area contributed by atoms with Crippen molar-refractivity contribution < 1.29 is 4.52 Å². The number of aryl methyl sites for hydroxylation is 2. The SMILES string of the molecule is CCCCCCCc1ccc(-c2cc(-c3ccc(CCCC)cc3)on2)s1. The van der Waals surface area contributed by atoms with Gasteiger partial charge in [-0.3, -0.25) is 0 Å². The number of nitrogens with zero attached hydrogens (tertiary/aromatic N) is 1. The van der Waals surface area contributed by atoms with Gasteiger partial charge in [0.05, 0.1) is 4.88 Å². The summed E-state index contributed by atoms with van der Waals surface area (Å²) in [5.74, 6) is 0.849. The first-order chi connectivity index (χ1) is 13.3. The Labute approximate surface area is 167 Å². The fourth-order valence-electron chi connectivity index (χ4n) is 3.30. The number of hydrogen-bond acceptors (Lipinski definition) is 3. The minimum Gasteiger partial charge on any atom is -0.356 e. The second-order valence-electron chi connectivity index (χ2n) is 7.31. The van der Waals surface area contributed by atoms with Crippen LogP contribution in [0.3, 0.4) is 0 Å². The number of rotatable bonds is 11. The molecule has 0 radical (unpaired) electrons. The number of aromatic nitrogens is 1. The van der Waals surface area contributed by atoms with Gasteiger partial charge in [-0.15, -0.1) is 11.3 Å². The third kappa shape index (κ3) is 5.80. The van der Waals surface area contributed by atoms with E-state index in [1.807, 2.05) is 11.3 Å². The van der Waals surface area contributed by atoms with Crippen molar-refractivity contribution in [3.05, 3.63) is 52.9 Å². The van der Waals surface area contributed by atoms with E-state index < -0.39 is 0 Å². The number of benzene rings is 1. The van der Waals surface area contributed by atoms with Gasteiger partial charge in [0, 0.05) is 16.5 Å². The van der Waals surface area contributed by atoms with Crippen molar-refractivity contribution in [1.29, 1.82) is 0 Å². The third-order valence-corrected chi connectivity index (χ3v) is 6.18. The van der Waals surface area contributed by atoms with Gasteiger partial charge in [0.2, 0.25) is 0 Å². The van der Waals surface area contributed by atoms with E-state index in [9.17, 15) is 0 Å². The highest BCUT2D eigenvalue weighted by atomic mass is 32.1. The van der Waals surface area contributed by atoms with Crippen LogP contribution in [0.15, 0.2) is 47.0 Å². The minimum absolute atomic E-state index is 0.849. The van der Waals surface area contributed by atoms with E-state index in [0.29, 0.717) is 0 Å². The maximum Gasteiger partial charge on any atom is 0.167 e. The molecule has 0 aliphatic carbocycles. The predicted octanol–water partition coefficient (Wildman–Crippen LogP) is 7.93. The van der Waals surface area contributed by atoms with Gasteiger partial charge in [0.25, 0.3) is 0 Å². The Balaban J connectivity index is 1.59. The Morgan fingerprint density at radius 1 is 0.815 bits per heavy atom. The molecule has 3 aromatic rings. The summed E-state index contributed by atoms with van der Waals surface area (Å²) in [6.45, 7) is 4.49. The van der Waals surface area contributed by atoms with E-state index in [0.717, 1.165) is 23.4 Å². The Morgan fingerprint density at radius 3 is 2.37 bits per heavy atom. The topological polar surface area (TPSA) is 26.0 Å². The highest BCUT2D eigenvalue weighted by Crippen LogP contribution is 2.31. The molecule has 0 saturated heterocycles. The smallest absolute Gasteiger partial charge is 0.167 e. The zero-order valence-electron chi connectivity index (χ0n) is 16.7. The van der Waals surface area contributed by atoms with Gasteiger partial charge < -0.3 is 4.52 Å². The molecule has 1 aromatic carbocycles. The van der Waals surface area contributed by atoms with Crippen LogP contribution in [0, 0.1) is 0 Å². The van der Waals surface area contributed by atoms with E-state index >= 15 is 0 Å². The van der Waals surface area contributed by atoms with Crippen LogP contribution in [-0.4, -0.2) is 5.16 Å². The molecule has 2 heterocycles. The van der Waals surface area contributed by atoms with Crippen LogP contribution in [0.5, 0.6) is 0 Å². The third-order valence-electron chi connectivity index (χ3n) is 5.01. The number of unbranched alkanes of at least 4 members (excludes halogenated alkanes) is 5. The largest absolute Gasteiger partial charge is 0.356 e. The molecule has 0 amide bonds. The summed E-state index contributed by atoms with van der Waals surface area (Å²) >= 11 is 1.85. The monoisotopic (exact) mass is 381 g/mol.